The number of halogens is 3. The molecule has 1 amide bonds. The summed E-state index contributed by atoms with van der Waals surface area (Å²) in [5.41, 5.74) is 0.127. The van der Waals surface area contributed by atoms with Crippen molar-refractivity contribution in [1.82, 2.24) is 15.2 Å². The van der Waals surface area contributed by atoms with E-state index in [9.17, 15) is 18.0 Å². The van der Waals surface area contributed by atoms with Crippen molar-refractivity contribution < 1.29 is 18.0 Å². The van der Waals surface area contributed by atoms with Gasteiger partial charge in [-0.25, -0.2) is 4.98 Å². The fourth-order valence-electron chi connectivity index (χ4n) is 2.25. The maximum atomic E-state index is 12.8. The van der Waals surface area contributed by atoms with Crippen molar-refractivity contribution in [3.05, 3.63) is 60.2 Å². The first-order valence-electron chi connectivity index (χ1n) is 7.95. The Kier molecular flexibility index (Phi) is 5.50. The average Bonchev–Trinajstić information content (AvgIpc) is 3.10. The van der Waals surface area contributed by atoms with Crippen LogP contribution in [0.25, 0.3) is 11.4 Å². The minimum atomic E-state index is -4.46. The van der Waals surface area contributed by atoms with Gasteiger partial charge < -0.3 is 5.32 Å². The number of nitrogens with one attached hydrogen (secondary N) is 2. The van der Waals surface area contributed by atoms with Crippen LogP contribution >= 0.6 is 11.8 Å². The first-order valence-corrected chi connectivity index (χ1v) is 8.83. The predicted octanol–water partition coefficient (Wildman–Crippen LogP) is 4.61. The molecule has 2 aromatic carbocycles. The van der Waals surface area contributed by atoms with E-state index in [0.29, 0.717) is 11.0 Å². The molecule has 0 fully saturated rings. The van der Waals surface area contributed by atoms with Gasteiger partial charge in [0.25, 0.3) is 0 Å². The fraction of sp³-hybridized carbons (Fsp3) is 0.167. The largest absolute Gasteiger partial charge is 0.416 e. The van der Waals surface area contributed by atoms with Crippen molar-refractivity contribution in [1.29, 1.82) is 0 Å². The van der Waals surface area contributed by atoms with Crippen LogP contribution in [0.1, 0.15) is 12.5 Å². The van der Waals surface area contributed by atoms with Gasteiger partial charge in [0.2, 0.25) is 11.1 Å². The van der Waals surface area contributed by atoms with E-state index in [4.69, 9.17) is 0 Å². The van der Waals surface area contributed by atoms with Crippen molar-refractivity contribution in [3.63, 3.8) is 0 Å². The Morgan fingerprint density at radius 1 is 1.15 bits per heavy atom. The molecular weight excluding hydrogens is 377 g/mol. The van der Waals surface area contributed by atoms with Crippen molar-refractivity contribution in [3.8, 4) is 11.4 Å². The number of amides is 1. The smallest absolute Gasteiger partial charge is 0.325 e. The first-order chi connectivity index (χ1) is 12.8. The second kappa shape index (κ2) is 7.83. The van der Waals surface area contributed by atoms with Gasteiger partial charge in [-0.3, -0.25) is 9.89 Å². The maximum Gasteiger partial charge on any atom is 0.416 e. The van der Waals surface area contributed by atoms with Crippen LogP contribution in [0.2, 0.25) is 0 Å². The molecule has 0 saturated carbocycles. The van der Waals surface area contributed by atoms with Gasteiger partial charge in [0, 0.05) is 11.3 Å². The monoisotopic (exact) mass is 392 g/mol. The number of alkyl halides is 3. The lowest BCUT2D eigenvalue weighted by Gasteiger charge is -2.12. The van der Waals surface area contributed by atoms with Gasteiger partial charge in [0.05, 0.1) is 10.8 Å². The topological polar surface area (TPSA) is 70.7 Å². The Hall–Kier alpha value is -2.81. The number of aromatic amines is 1. The Morgan fingerprint density at radius 3 is 2.59 bits per heavy atom. The Morgan fingerprint density at radius 2 is 1.89 bits per heavy atom. The summed E-state index contributed by atoms with van der Waals surface area (Å²) < 4.78 is 38.3. The van der Waals surface area contributed by atoms with Crippen LogP contribution in [0.3, 0.4) is 0 Å². The second-order valence-electron chi connectivity index (χ2n) is 5.66. The SMILES string of the molecule is C[C@H](Sc1n[nH]c(-c2ccccc2)n1)C(=O)Nc1cccc(C(F)(F)F)c1. The highest BCUT2D eigenvalue weighted by Gasteiger charge is 2.30. The van der Waals surface area contributed by atoms with Gasteiger partial charge in [-0.2, -0.15) is 13.2 Å². The van der Waals surface area contributed by atoms with E-state index in [2.05, 4.69) is 20.5 Å². The van der Waals surface area contributed by atoms with E-state index < -0.39 is 22.9 Å². The zero-order valence-corrected chi connectivity index (χ0v) is 14.9. The standard InChI is InChI=1S/C18H15F3N4OS/c1-11(16(26)22-14-9-5-8-13(10-14)18(19,20)21)27-17-23-15(24-25-17)12-6-3-2-4-7-12/h2-11H,1H3,(H,22,26)(H,23,24,25)/t11-/m0/s1. The highest BCUT2D eigenvalue weighted by molar-refractivity contribution is 8.00. The molecule has 0 aliphatic rings. The summed E-state index contributed by atoms with van der Waals surface area (Å²) in [6, 6.07) is 13.9. The second-order valence-corrected chi connectivity index (χ2v) is 6.97. The molecule has 9 heteroatoms. The third kappa shape index (κ3) is 4.88. The number of thioether (sulfide) groups is 1. The van der Waals surface area contributed by atoms with Gasteiger partial charge in [0.15, 0.2) is 5.82 Å². The van der Waals surface area contributed by atoms with Gasteiger partial charge in [0.1, 0.15) is 0 Å². The molecular formula is C18H15F3N4OS. The lowest BCUT2D eigenvalue weighted by Crippen LogP contribution is -2.22. The first kappa shape index (κ1) is 19.0. The number of nitrogens with zero attached hydrogens (tertiary/aromatic N) is 2. The number of aromatic nitrogens is 3. The van der Waals surface area contributed by atoms with Gasteiger partial charge in [-0.15, -0.1) is 5.10 Å². The molecule has 140 valence electrons. The third-order valence-electron chi connectivity index (χ3n) is 3.62. The molecule has 2 N–H and O–H groups in total. The molecule has 0 unspecified atom stereocenters. The summed E-state index contributed by atoms with van der Waals surface area (Å²) >= 11 is 1.11. The van der Waals surface area contributed by atoms with Gasteiger partial charge >= 0.3 is 6.18 Å². The van der Waals surface area contributed by atoms with Crippen molar-refractivity contribution in [2.75, 3.05) is 5.32 Å². The van der Waals surface area contributed by atoms with E-state index >= 15 is 0 Å². The van der Waals surface area contributed by atoms with Crippen molar-refractivity contribution >= 4 is 23.4 Å². The number of carbonyl (C=O) groups excluding carboxylic acids is 1. The van der Waals surface area contributed by atoms with Crippen LogP contribution in [0, 0.1) is 0 Å². The van der Waals surface area contributed by atoms with Crippen LogP contribution < -0.4 is 5.32 Å². The number of benzene rings is 2. The third-order valence-corrected chi connectivity index (χ3v) is 4.58. The van der Waals surface area contributed by atoms with Crippen molar-refractivity contribution in [2.45, 2.75) is 23.5 Å². The van der Waals surface area contributed by atoms with Crippen LogP contribution in [0.15, 0.2) is 59.8 Å². The molecule has 0 saturated heterocycles. The van der Waals surface area contributed by atoms with E-state index in [0.717, 1.165) is 29.5 Å². The summed E-state index contributed by atoms with van der Waals surface area (Å²) in [4.78, 5) is 16.6. The number of anilines is 1. The molecule has 1 atom stereocenters. The normalized spacial score (nSPS) is 12.6. The van der Waals surface area contributed by atoms with Gasteiger partial charge in [-0.05, 0) is 25.1 Å². The zero-order valence-electron chi connectivity index (χ0n) is 14.1. The molecule has 0 aliphatic carbocycles. The predicted molar refractivity (Wildman–Crippen MR) is 97.2 cm³/mol. The molecule has 1 aromatic heterocycles. The molecule has 1 heterocycles. The average molecular weight is 392 g/mol. The van der Waals surface area contributed by atoms with Gasteiger partial charge in [-0.1, -0.05) is 48.2 Å². The summed E-state index contributed by atoms with van der Waals surface area (Å²) in [6.07, 6.45) is -4.46. The summed E-state index contributed by atoms with van der Waals surface area (Å²) in [5, 5.41) is 9.13. The number of hydrogen-bond acceptors (Lipinski definition) is 4. The highest BCUT2D eigenvalue weighted by atomic mass is 32.2. The molecule has 0 spiro atoms. The Bertz CT molecular complexity index is 928. The quantitative estimate of drug-likeness (QED) is 0.622. The molecule has 0 aliphatic heterocycles. The van der Waals surface area contributed by atoms with E-state index in [1.54, 1.807) is 6.92 Å². The van der Waals surface area contributed by atoms with Crippen LogP contribution in [0.5, 0.6) is 0 Å². The van der Waals surface area contributed by atoms with E-state index in [-0.39, 0.29) is 5.69 Å². The molecule has 3 aromatic rings. The molecule has 27 heavy (non-hydrogen) atoms. The number of H-pyrrole nitrogens is 1. The zero-order chi connectivity index (χ0) is 19.4. The van der Waals surface area contributed by atoms with Crippen LogP contribution in [0.4, 0.5) is 18.9 Å². The van der Waals surface area contributed by atoms with E-state index in [1.165, 1.54) is 12.1 Å². The van der Waals surface area contributed by atoms with E-state index in [1.807, 2.05) is 30.3 Å². The minimum absolute atomic E-state index is 0.0854. The lowest BCUT2D eigenvalue weighted by atomic mass is 10.2. The molecule has 5 nitrogen and oxygen atoms in total. The summed E-state index contributed by atoms with van der Waals surface area (Å²) in [5.74, 6) is 0.133. The summed E-state index contributed by atoms with van der Waals surface area (Å²) in [6.45, 7) is 1.63. The molecule has 3 rings (SSSR count). The number of hydrogen-bond donors (Lipinski definition) is 2. The molecule has 0 bridgehead atoms. The Labute approximate surface area is 157 Å². The van der Waals surface area contributed by atoms with Crippen LogP contribution in [-0.4, -0.2) is 26.3 Å². The number of carbonyl (C=O) groups is 1. The molecule has 0 radical (unpaired) electrons. The minimum Gasteiger partial charge on any atom is -0.325 e. The van der Waals surface area contributed by atoms with Crippen LogP contribution in [-0.2, 0) is 11.0 Å². The lowest BCUT2D eigenvalue weighted by molar-refractivity contribution is -0.137. The summed E-state index contributed by atoms with van der Waals surface area (Å²) in [7, 11) is 0. The maximum absolute atomic E-state index is 12.8. The highest BCUT2D eigenvalue weighted by Crippen LogP contribution is 2.31. The Balaban J connectivity index is 1.64. The van der Waals surface area contributed by atoms with Crippen molar-refractivity contribution in [2.24, 2.45) is 0 Å². The fourth-order valence-corrected chi connectivity index (χ4v) is 2.98. The number of rotatable bonds is 5.